The van der Waals surface area contributed by atoms with Crippen LogP contribution in [0, 0.1) is 5.92 Å². The molecule has 4 aromatic rings. The summed E-state index contributed by atoms with van der Waals surface area (Å²) in [5.41, 5.74) is 1.86. The minimum atomic E-state index is -0.210. The van der Waals surface area contributed by atoms with Crippen LogP contribution in [0.1, 0.15) is 42.5 Å². The lowest BCUT2D eigenvalue weighted by Gasteiger charge is -2.28. The number of nitrogens with zero attached hydrogens (tertiary/aromatic N) is 3. The number of rotatable bonds is 5. The van der Waals surface area contributed by atoms with Gasteiger partial charge in [-0.2, -0.15) is 4.98 Å². The Bertz CT molecular complexity index is 1120. The Hall–Kier alpha value is -3.06. The molecule has 1 fully saturated rings. The van der Waals surface area contributed by atoms with E-state index in [4.69, 9.17) is 14.2 Å². The molecule has 152 valence electrons. The third-order valence-corrected chi connectivity index (χ3v) is 6.70. The highest BCUT2D eigenvalue weighted by molar-refractivity contribution is 7.18. The molecule has 2 aromatic heterocycles. The highest BCUT2D eigenvalue weighted by atomic mass is 32.1. The number of fused-ring (bicyclic) bond motifs is 1. The van der Waals surface area contributed by atoms with Gasteiger partial charge < -0.3 is 9.26 Å². The molecule has 6 nitrogen and oxygen atoms in total. The van der Waals surface area contributed by atoms with E-state index in [0.29, 0.717) is 11.7 Å². The molecule has 2 atom stereocenters. The molecular formula is C23H21N3O3S. The van der Waals surface area contributed by atoms with Gasteiger partial charge in [-0.3, -0.25) is 4.79 Å². The van der Waals surface area contributed by atoms with Crippen LogP contribution in [0.2, 0.25) is 0 Å². The van der Waals surface area contributed by atoms with Gasteiger partial charge in [0.25, 0.3) is 5.89 Å². The first kappa shape index (κ1) is 18.9. The molecule has 0 saturated heterocycles. The van der Waals surface area contributed by atoms with Crippen molar-refractivity contribution in [3.63, 3.8) is 0 Å². The normalized spacial score (nSPS) is 19.1. The second-order valence-corrected chi connectivity index (χ2v) is 8.56. The Morgan fingerprint density at radius 2 is 1.83 bits per heavy atom. The average molecular weight is 420 g/mol. The van der Waals surface area contributed by atoms with Gasteiger partial charge in [0.15, 0.2) is 6.61 Å². The van der Waals surface area contributed by atoms with Crippen molar-refractivity contribution in [1.29, 1.82) is 0 Å². The second-order valence-electron chi connectivity index (χ2n) is 7.50. The molecule has 0 radical (unpaired) electrons. The maximum atomic E-state index is 12.9. The summed E-state index contributed by atoms with van der Waals surface area (Å²) in [6.07, 6.45) is 3.91. The monoisotopic (exact) mass is 419 g/mol. The van der Waals surface area contributed by atoms with Crippen molar-refractivity contribution < 1.29 is 14.1 Å². The molecule has 2 aromatic carbocycles. The maximum absolute atomic E-state index is 12.9. The van der Waals surface area contributed by atoms with Gasteiger partial charge in [0.05, 0.1) is 21.1 Å². The fraction of sp³-hybridized carbons (Fsp3) is 0.304. The summed E-state index contributed by atoms with van der Waals surface area (Å²) in [6.45, 7) is -0.0122. The zero-order valence-corrected chi connectivity index (χ0v) is 17.2. The molecule has 5 rings (SSSR count). The lowest BCUT2D eigenvalue weighted by molar-refractivity contribution is -0.152. The van der Waals surface area contributed by atoms with E-state index in [0.717, 1.165) is 46.5 Å². The number of para-hydroxylation sites is 1. The molecular weight excluding hydrogens is 398 g/mol. The first-order valence-electron chi connectivity index (χ1n) is 10.2. The Kier molecular flexibility index (Phi) is 5.27. The molecule has 0 spiro atoms. The molecule has 0 amide bonds. The van der Waals surface area contributed by atoms with Gasteiger partial charge in [-0.05, 0) is 25.0 Å². The van der Waals surface area contributed by atoms with Crippen LogP contribution in [-0.2, 0) is 16.1 Å². The van der Waals surface area contributed by atoms with Crippen molar-refractivity contribution in [2.45, 2.75) is 38.2 Å². The van der Waals surface area contributed by atoms with Crippen LogP contribution in [0.3, 0.4) is 0 Å². The van der Waals surface area contributed by atoms with E-state index in [1.54, 1.807) is 11.3 Å². The zero-order valence-electron chi connectivity index (χ0n) is 16.4. The first-order chi connectivity index (χ1) is 14.8. The van der Waals surface area contributed by atoms with Crippen molar-refractivity contribution in [2.75, 3.05) is 0 Å². The van der Waals surface area contributed by atoms with Crippen LogP contribution < -0.4 is 0 Å². The maximum Gasteiger partial charge on any atom is 0.310 e. The standard InChI is InChI=1S/C23H21N3O3S/c27-23(28-14-20-25-21(26-29-20)15-8-2-1-3-9-15)17-11-5-4-10-16(17)22-24-18-12-6-7-13-19(18)30-22/h1-3,6-9,12-13,16-17H,4-5,10-11,14H2. The molecule has 0 bridgehead atoms. The molecule has 7 heteroatoms. The van der Waals surface area contributed by atoms with Gasteiger partial charge in [-0.15, -0.1) is 11.3 Å². The predicted molar refractivity (Wildman–Crippen MR) is 114 cm³/mol. The van der Waals surface area contributed by atoms with Gasteiger partial charge >= 0.3 is 5.97 Å². The number of carbonyl (C=O) groups excluding carboxylic acids is 1. The highest BCUT2D eigenvalue weighted by Gasteiger charge is 2.35. The number of benzene rings is 2. The second kappa shape index (κ2) is 8.36. The number of thiazole rings is 1. The van der Waals surface area contributed by atoms with Crippen LogP contribution in [-0.4, -0.2) is 21.1 Å². The molecule has 1 aliphatic rings. The lowest BCUT2D eigenvalue weighted by Crippen LogP contribution is -2.27. The number of hydrogen-bond donors (Lipinski definition) is 0. The van der Waals surface area contributed by atoms with E-state index >= 15 is 0 Å². The zero-order chi connectivity index (χ0) is 20.3. The molecule has 2 unspecified atom stereocenters. The molecule has 1 saturated carbocycles. The van der Waals surface area contributed by atoms with Crippen molar-refractivity contribution in [3.8, 4) is 11.4 Å². The summed E-state index contributed by atoms with van der Waals surface area (Å²) in [5, 5.41) is 5.01. The molecule has 0 aliphatic heterocycles. The SMILES string of the molecule is O=C(OCc1nc(-c2ccccc2)no1)C1CCCCC1c1nc2ccccc2s1. The molecule has 0 N–H and O–H groups in total. The van der Waals surface area contributed by atoms with Crippen molar-refractivity contribution in [3.05, 3.63) is 65.5 Å². The van der Waals surface area contributed by atoms with Gasteiger partial charge in [0.2, 0.25) is 5.82 Å². The largest absolute Gasteiger partial charge is 0.455 e. The van der Waals surface area contributed by atoms with Crippen LogP contribution in [0.4, 0.5) is 0 Å². The molecule has 2 heterocycles. The minimum Gasteiger partial charge on any atom is -0.455 e. The topological polar surface area (TPSA) is 78.1 Å². The van der Waals surface area contributed by atoms with E-state index in [-0.39, 0.29) is 24.4 Å². The average Bonchev–Trinajstić information content (AvgIpc) is 3.45. The summed E-state index contributed by atoms with van der Waals surface area (Å²) in [4.78, 5) is 22.0. The van der Waals surface area contributed by atoms with Crippen molar-refractivity contribution >= 4 is 27.5 Å². The Balaban J connectivity index is 1.28. The Morgan fingerprint density at radius 3 is 2.70 bits per heavy atom. The van der Waals surface area contributed by atoms with Crippen molar-refractivity contribution in [2.24, 2.45) is 5.92 Å². The van der Waals surface area contributed by atoms with E-state index in [1.165, 1.54) is 0 Å². The van der Waals surface area contributed by atoms with Crippen LogP contribution in [0.25, 0.3) is 21.6 Å². The summed E-state index contributed by atoms with van der Waals surface area (Å²) in [6, 6.07) is 17.7. The third kappa shape index (κ3) is 3.85. The van der Waals surface area contributed by atoms with E-state index in [1.807, 2.05) is 48.5 Å². The van der Waals surface area contributed by atoms with Gasteiger partial charge in [0, 0.05) is 11.5 Å². The fourth-order valence-electron chi connectivity index (χ4n) is 4.02. The quantitative estimate of drug-likeness (QED) is 0.405. The van der Waals surface area contributed by atoms with Crippen molar-refractivity contribution in [1.82, 2.24) is 15.1 Å². The lowest BCUT2D eigenvalue weighted by atomic mass is 9.79. The predicted octanol–water partition coefficient (Wildman–Crippen LogP) is 5.36. The van der Waals surface area contributed by atoms with Crippen LogP contribution in [0.15, 0.2) is 59.1 Å². The number of ether oxygens (including phenoxy) is 1. The molecule has 30 heavy (non-hydrogen) atoms. The van der Waals surface area contributed by atoms with Crippen LogP contribution >= 0.6 is 11.3 Å². The smallest absolute Gasteiger partial charge is 0.310 e. The summed E-state index contributed by atoms with van der Waals surface area (Å²) >= 11 is 1.68. The van der Waals surface area contributed by atoms with E-state index in [9.17, 15) is 4.79 Å². The third-order valence-electron chi connectivity index (χ3n) is 5.53. The van der Waals surface area contributed by atoms with Gasteiger partial charge in [0.1, 0.15) is 0 Å². The summed E-state index contributed by atoms with van der Waals surface area (Å²) < 4.78 is 12.0. The fourth-order valence-corrected chi connectivity index (χ4v) is 5.18. The highest BCUT2D eigenvalue weighted by Crippen LogP contribution is 2.41. The van der Waals surface area contributed by atoms with Crippen LogP contribution in [0.5, 0.6) is 0 Å². The van der Waals surface area contributed by atoms with Gasteiger partial charge in [-0.25, -0.2) is 4.98 Å². The Labute approximate surface area is 177 Å². The van der Waals surface area contributed by atoms with E-state index in [2.05, 4.69) is 16.2 Å². The minimum absolute atomic E-state index is 0.0122. The number of carbonyl (C=O) groups is 1. The van der Waals surface area contributed by atoms with Gasteiger partial charge in [-0.1, -0.05) is 60.5 Å². The molecule has 1 aliphatic carbocycles. The number of hydrogen-bond acceptors (Lipinski definition) is 7. The van der Waals surface area contributed by atoms with E-state index < -0.39 is 0 Å². The number of esters is 1. The first-order valence-corrected chi connectivity index (χ1v) is 11.0. The summed E-state index contributed by atoms with van der Waals surface area (Å²) in [5.74, 6) is 0.502. The Morgan fingerprint density at radius 1 is 1.03 bits per heavy atom. The number of aromatic nitrogens is 3. The summed E-state index contributed by atoms with van der Waals surface area (Å²) in [7, 11) is 0.